The first-order valence-electron chi connectivity index (χ1n) is 11.1. The summed E-state index contributed by atoms with van der Waals surface area (Å²) in [5, 5.41) is 0.421. The van der Waals surface area contributed by atoms with E-state index in [9.17, 15) is 16.8 Å². The van der Waals surface area contributed by atoms with Crippen molar-refractivity contribution in [3.63, 3.8) is 0 Å². The molecule has 10 nitrogen and oxygen atoms in total. The normalized spacial score (nSPS) is 11.6. The first-order valence-corrected chi connectivity index (χ1v) is 14.1. The zero-order valence-corrected chi connectivity index (χ0v) is 22.6. The summed E-state index contributed by atoms with van der Waals surface area (Å²) in [5.41, 5.74) is 0.332. The van der Waals surface area contributed by atoms with Crippen LogP contribution >= 0.6 is 0 Å². The fourth-order valence-electron chi connectivity index (χ4n) is 3.91. The number of sulfonamides is 2. The summed E-state index contributed by atoms with van der Waals surface area (Å²) in [5.74, 6) is 1.42. The van der Waals surface area contributed by atoms with Crippen molar-refractivity contribution in [3.05, 3.63) is 72.8 Å². The number of hydrogen-bond donors (Lipinski definition) is 2. The monoisotopic (exact) mass is 558 g/mol. The van der Waals surface area contributed by atoms with Gasteiger partial charge in [0.15, 0.2) is 0 Å². The average Bonchev–Trinajstić information content (AvgIpc) is 2.91. The maximum absolute atomic E-state index is 13.5. The van der Waals surface area contributed by atoms with Crippen molar-refractivity contribution in [2.75, 3.05) is 37.9 Å². The minimum Gasteiger partial charge on any atom is -0.497 e. The topological polar surface area (TPSA) is 129 Å². The number of hydrogen-bond acceptors (Lipinski definition) is 8. The molecule has 0 aliphatic heterocycles. The summed E-state index contributed by atoms with van der Waals surface area (Å²) in [6.45, 7) is 0. The molecule has 0 fully saturated rings. The number of benzene rings is 4. The maximum Gasteiger partial charge on any atom is 0.262 e. The minimum absolute atomic E-state index is 0.115. The Hall–Kier alpha value is -4.16. The fraction of sp³-hybridized carbons (Fsp3) is 0.154. The number of fused-ring (bicyclic) bond motifs is 1. The lowest BCUT2D eigenvalue weighted by Gasteiger charge is -2.16. The Morgan fingerprint density at radius 3 is 1.26 bits per heavy atom. The molecule has 0 unspecified atom stereocenters. The molecule has 0 amide bonds. The van der Waals surface area contributed by atoms with Gasteiger partial charge in [0.25, 0.3) is 20.0 Å². The molecule has 12 heteroatoms. The van der Waals surface area contributed by atoms with Crippen LogP contribution in [-0.2, 0) is 20.0 Å². The second-order valence-electron chi connectivity index (χ2n) is 7.95. The van der Waals surface area contributed by atoms with Crippen molar-refractivity contribution in [1.82, 2.24) is 0 Å². The zero-order valence-electron chi connectivity index (χ0n) is 21.0. The predicted molar refractivity (Wildman–Crippen MR) is 145 cm³/mol. The second kappa shape index (κ2) is 10.7. The molecule has 38 heavy (non-hydrogen) atoms. The highest BCUT2D eigenvalue weighted by molar-refractivity contribution is 7.93. The van der Waals surface area contributed by atoms with Gasteiger partial charge in [-0.1, -0.05) is 24.3 Å². The molecule has 0 atom stereocenters. The number of nitrogens with one attached hydrogen (secondary N) is 2. The highest BCUT2D eigenvalue weighted by atomic mass is 32.2. The molecular formula is C26H26N2O8S2. The summed E-state index contributed by atoms with van der Waals surface area (Å²) in [6.07, 6.45) is 0. The Morgan fingerprint density at radius 2 is 0.921 bits per heavy atom. The van der Waals surface area contributed by atoms with Crippen LogP contribution in [0.2, 0.25) is 0 Å². The zero-order chi connectivity index (χ0) is 27.5. The fourth-order valence-corrected chi connectivity index (χ4v) is 6.48. The van der Waals surface area contributed by atoms with Crippen LogP contribution < -0.4 is 28.4 Å². The molecular weight excluding hydrogens is 532 g/mol. The van der Waals surface area contributed by atoms with Gasteiger partial charge < -0.3 is 18.9 Å². The van der Waals surface area contributed by atoms with Gasteiger partial charge in [-0.3, -0.25) is 9.44 Å². The van der Waals surface area contributed by atoms with Gasteiger partial charge >= 0.3 is 0 Å². The van der Waals surface area contributed by atoms with E-state index in [0.717, 1.165) is 0 Å². The van der Waals surface area contributed by atoms with E-state index in [0.29, 0.717) is 11.5 Å². The van der Waals surface area contributed by atoms with Crippen LogP contribution in [0.15, 0.2) is 82.6 Å². The molecule has 0 aromatic heterocycles. The average molecular weight is 559 g/mol. The van der Waals surface area contributed by atoms with E-state index in [-0.39, 0.29) is 43.4 Å². The smallest absolute Gasteiger partial charge is 0.262 e. The molecule has 4 rings (SSSR count). The summed E-state index contributed by atoms with van der Waals surface area (Å²) >= 11 is 0. The van der Waals surface area contributed by atoms with Gasteiger partial charge in [-0.2, -0.15) is 0 Å². The summed E-state index contributed by atoms with van der Waals surface area (Å²) in [6, 6.07) is 18.2. The third kappa shape index (κ3) is 5.27. The van der Waals surface area contributed by atoms with Gasteiger partial charge in [-0.05, 0) is 36.4 Å². The van der Waals surface area contributed by atoms with Gasteiger partial charge in [0.2, 0.25) is 0 Å². The SMILES string of the molecule is COc1ccc(OC)c(NS(=O)(=O)c2cccc3c(S(=O)(=O)Nc4cc(OC)ccc4OC)cccc23)c1. The Balaban J connectivity index is 1.79. The highest BCUT2D eigenvalue weighted by Crippen LogP contribution is 2.35. The van der Waals surface area contributed by atoms with Gasteiger partial charge in [-0.25, -0.2) is 16.8 Å². The molecule has 0 heterocycles. The lowest BCUT2D eigenvalue weighted by Crippen LogP contribution is -2.16. The van der Waals surface area contributed by atoms with Crippen LogP contribution in [0, 0.1) is 0 Å². The van der Waals surface area contributed by atoms with Crippen LogP contribution in [0.4, 0.5) is 11.4 Å². The van der Waals surface area contributed by atoms with E-state index in [1.165, 1.54) is 77.0 Å². The molecule has 0 radical (unpaired) electrons. The third-order valence-electron chi connectivity index (χ3n) is 5.72. The van der Waals surface area contributed by atoms with Crippen molar-refractivity contribution in [3.8, 4) is 23.0 Å². The summed E-state index contributed by atoms with van der Waals surface area (Å²) < 4.78 is 79.9. The van der Waals surface area contributed by atoms with Crippen LogP contribution in [0.25, 0.3) is 10.8 Å². The van der Waals surface area contributed by atoms with Crippen molar-refractivity contribution in [2.45, 2.75) is 9.79 Å². The first-order chi connectivity index (χ1) is 18.1. The quantitative estimate of drug-likeness (QED) is 0.292. The molecule has 0 aliphatic rings. The van der Waals surface area contributed by atoms with E-state index in [1.54, 1.807) is 24.3 Å². The lowest BCUT2D eigenvalue weighted by molar-refractivity contribution is 0.405. The number of ether oxygens (including phenoxy) is 4. The van der Waals surface area contributed by atoms with Crippen LogP contribution in [0.5, 0.6) is 23.0 Å². The largest absolute Gasteiger partial charge is 0.497 e. The molecule has 4 aromatic rings. The molecule has 200 valence electrons. The number of methoxy groups -OCH3 is 4. The van der Waals surface area contributed by atoms with Gasteiger partial charge in [0.05, 0.1) is 49.6 Å². The van der Waals surface area contributed by atoms with Gasteiger partial charge in [-0.15, -0.1) is 0 Å². The predicted octanol–water partition coefficient (Wildman–Crippen LogP) is 4.48. The molecule has 0 saturated carbocycles. The standard InChI is InChI=1S/C26H26N2O8S2/c1-33-17-11-13-23(35-3)21(15-17)27-37(29,30)25-9-5-8-20-19(25)7-6-10-26(20)38(31,32)28-22-16-18(34-2)12-14-24(22)36-4/h5-16,27-28H,1-4H3. The molecule has 0 aliphatic carbocycles. The molecule has 0 saturated heterocycles. The summed E-state index contributed by atoms with van der Waals surface area (Å²) in [4.78, 5) is -0.230. The molecule has 2 N–H and O–H groups in total. The Bertz CT molecular complexity index is 1580. The highest BCUT2D eigenvalue weighted by Gasteiger charge is 2.24. The van der Waals surface area contributed by atoms with Crippen LogP contribution in [0.1, 0.15) is 0 Å². The Labute approximate surface area is 221 Å². The second-order valence-corrected chi connectivity index (χ2v) is 11.3. The van der Waals surface area contributed by atoms with Gasteiger partial charge in [0, 0.05) is 22.9 Å². The molecule has 4 aromatic carbocycles. The third-order valence-corrected chi connectivity index (χ3v) is 8.57. The van der Waals surface area contributed by atoms with Crippen molar-refractivity contribution < 1.29 is 35.8 Å². The number of rotatable bonds is 10. The van der Waals surface area contributed by atoms with Gasteiger partial charge in [0.1, 0.15) is 23.0 Å². The van der Waals surface area contributed by atoms with Crippen LogP contribution in [0.3, 0.4) is 0 Å². The number of anilines is 2. The van der Waals surface area contributed by atoms with E-state index < -0.39 is 20.0 Å². The summed E-state index contributed by atoms with van der Waals surface area (Å²) in [7, 11) is -2.60. The lowest BCUT2D eigenvalue weighted by atomic mass is 10.1. The van der Waals surface area contributed by atoms with Crippen molar-refractivity contribution in [2.24, 2.45) is 0 Å². The van der Waals surface area contributed by atoms with Crippen molar-refractivity contribution in [1.29, 1.82) is 0 Å². The minimum atomic E-state index is -4.18. The maximum atomic E-state index is 13.5. The van der Waals surface area contributed by atoms with Crippen molar-refractivity contribution >= 4 is 42.2 Å². The van der Waals surface area contributed by atoms with E-state index in [4.69, 9.17) is 18.9 Å². The first kappa shape index (κ1) is 26.9. The molecule has 0 spiro atoms. The Morgan fingerprint density at radius 1 is 0.526 bits per heavy atom. The molecule has 0 bridgehead atoms. The van der Waals surface area contributed by atoms with E-state index >= 15 is 0 Å². The van der Waals surface area contributed by atoms with E-state index in [1.807, 2.05) is 0 Å². The van der Waals surface area contributed by atoms with Crippen LogP contribution in [-0.4, -0.2) is 45.3 Å². The Kier molecular flexibility index (Phi) is 7.56. The van der Waals surface area contributed by atoms with E-state index in [2.05, 4.69) is 9.44 Å².